The summed E-state index contributed by atoms with van der Waals surface area (Å²) in [6, 6.07) is 1.46. The molecule has 2 N–H and O–H groups in total. The lowest BCUT2D eigenvalue weighted by atomic mass is 10.3. The molecule has 0 saturated carbocycles. The summed E-state index contributed by atoms with van der Waals surface area (Å²) < 4.78 is 4.99. The van der Waals surface area contributed by atoms with Gasteiger partial charge in [-0.15, -0.1) is 0 Å². The quantitative estimate of drug-likeness (QED) is 0.787. The molecule has 4 nitrogen and oxygen atoms in total. The average molecular weight is 216 g/mol. The number of furan rings is 1. The summed E-state index contributed by atoms with van der Waals surface area (Å²) in [6.07, 6.45) is 1.20. The van der Waals surface area contributed by atoms with Crippen molar-refractivity contribution >= 4 is 17.6 Å². The van der Waals surface area contributed by atoms with Crippen molar-refractivity contribution in [2.75, 3.05) is 6.54 Å². The second-order valence-corrected chi connectivity index (χ2v) is 3.26. The second kappa shape index (κ2) is 4.83. The summed E-state index contributed by atoms with van der Waals surface area (Å²) in [7, 11) is 0. The molecule has 1 aromatic heterocycles. The molecule has 0 unspecified atom stereocenters. The van der Waals surface area contributed by atoms with Crippen molar-refractivity contribution in [3.05, 3.63) is 35.3 Å². The molecule has 0 radical (unpaired) electrons. The van der Waals surface area contributed by atoms with Crippen molar-refractivity contribution in [1.29, 1.82) is 0 Å². The van der Waals surface area contributed by atoms with Gasteiger partial charge in [0.05, 0.1) is 12.1 Å². The van der Waals surface area contributed by atoms with E-state index in [1.807, 2.05) is 0 Å². The van der Waals surface area contributed by atoms with Crippen LogP contribution in [0, 0.1) is 0 Å². The van der Waals surface area contributed by atoms with E-state index in [1.165, 1.54) is 12.3 Å². The van der Waals surface area contributed by atoms with E-state index < -0.39 is 5.97 Å². The number of carboxylic acid groups (broad SMARTS) is 1. The van der Waals surface area contributed by atoms with Gasteiger partial charge in [-0.1, -0.05) is 18.2 Å². The highest BCUT2D eigenvalue weighted by molar-refractivity contribution is 6.29. The SMILES string of the molecule is C=C(Cl)CNCc1cc(C(=O)O)co1. The first-order valence-electron chi connectivity index (χ1n) is 3.94. The van der Waals surface area contributed by atoms with E-state index in [4.69, 9.17) is 21.1 Å². The second-order valence-electron chi connectivity index (χ2n) is 2.73. The van der Waals surface area contributed by atoms with E-state index in [0.29, 0.717) is 23.9 Å². The van der Waals surface area contributed by atoms with E-state index in [2.05, 4.69) is 11.9 Å². The Balaban J connectivity index is 2.44. The maximum absolute atomic E-state index is 10.5. The van der Waals surface area contributed by atoms with Crippen molar-refractivity contribution < 1.29 is 14.3 Å². The number of rotatable bonds is 5. The van der Waals surface area contributed by atoms with Gasteiger partial charge in [-0.3, -0.25) is 0 Å². The van der Waals surface area contributed by atoms with Crippen LogP contribution in [0.3, 0.4) is 0 Å². The molecule has 0 atom stereocenters. The number of carboxylic acids is 1. The first-order valence-corrected chi connectivity index (χ1v) is 4.32. The molecule has 1 rings (SSSR count). The van der Waals surface area contributed by atoms with Crippen LogP contribution < -0.4 is 5.32 Å². The van der Waals surface area contributed by atoms with Gasteiger partial charge in [0, 0.05) is 11.6 Å². The van der Waals surface area contributed by atoms with E-state index in [-0.39, 0.29) is 5.56 Å². The molecule has 0 amide bonds. The van der Waals surface area contributed by atoms with Crippen molar-refractivity contribution in [3.63, 3.8) is 0 Å². The predicted molar refractivity (Wildman–Crippen MR) is 52.4 cm³/mol. The third-order valence-electron chi connectivity index (χ3n) is 1.52. The molecule has 14 heavy (non-hydrogen) atoms. The Morgan fingerprint density at radius 3 is 2.93 bits per heavy atom. The normalized spacial score (nSPS) is 10.1. The van der Waals surface area contributed by atoms with Crippen molar-refractivity contribution in [1.82, 2.24) is 5.32 Å². The molecule has 0 aromatic carbocycles. The minimum atomic E-state index is -0.998. The molecule has 0 spiro atoms. The summed E-state index contributed by atoms with van der Waals surface area (Å²) in [4.78, 5) is 10.5. The summed E-state index contributed by atoms with van der Waals surface area (Å²) >= 11 is 5.52. The van der Waals surface area contributed by atoms with Gasteiger partial charge in [0.1, 0.15) is 12.0 Å². The lowest BCUT2D eigenvalue weighted by Crippen LogP contribution is -2.13. The van der Waals surface area contributed by atoms with Crippen LogP contribution in [0.4, 0.5) is 0 Å². The van der Waals surface area contributed by atoms with Crippen molar-refractivity contribution in [2.45, 2.75) is 6.54 Å². The molecule has 0 bridgehead atoms. The third-order valence-corrected chi connectivity index (χ3v) is 1.65. The maximum atomic E-state index is 10.5. The monoisotopic (exact) mass is 215 g/mol. The van der Waals surface area contributed by atoms with Gasteiger partial charge in [-0.25, -0.2) is 4.79 Å². The average Bonchev–Trinajstić information content (AvgIpc) is 2.52. The molecule has 0 aliphatic heterocycles. The number of halogens is 1. The van der Waals surface area contributed by atoms with Gasteiger partial charge >= 0.3 is 5.97 Å². The first kappa shape index (κ1) is 10.8. The number of nitrogens with one attached hydrogen (secondary N) is 1. The van der Waals surface area contributed by atoms with Gasteiger partial charge in [0.25, 0.3) is 0 Å². The molecular formula is C9H10ClNO3. The van der Waals surface area contributed by atoms with Crippen LogP contribution in [-0.4, -0.2) is 17.6 Å². The van der Waals surface area contributed by atoms with Gasteiger partial charge in [-0.2, -0.15) is 0 Å². The minimum absolute atomic E-state index is 0.145. The van der Waals surface area contributed by atoms with Gasteiger partial charge < -0.3 is 14.8 Å². The fourth-order valence-corrected chi connectivity index (χ4v) is 1.00. The van der Waals surface area contributed by atoms with E-state index >= 15 is 0 Å². The Morgan fingerprint density at radius 2 is 2.43 bits per heavy atom. The van der Waals surface area contributed by atoms with Crippen LogP contribution in [0.1, 0.15) is 16.1 Å². The standard InChI is InChI=1S/C9H10ClNO3/c1-6(10)3-11-4-8-2-7(5-14-8)9(12)13/h2,5,11H,1,3-4H2,(H,12,13). The third kappa shape index (κ3) is 3.24. The molecule has 0 aliphatic rings. The van der Waals surface area contributed by atoms with Crippen molar-refractivity contribution in [3.8, 4) is 0 Å². The smallest absolute Gasteiger partial charge is 0.338 e. The highest BCUT2D eigenvalue weighted by Crippen LogP contribution is 2.07. The zero-order valence-electron chi connectivity index (χ0n) is 7.42. The molecule has 0 saturated heterocycles. The van der Waals surface area contributed by atoms with Crippen LogP contribution in [0.5, 0.6) is 0 Å². The topological polar surface area (TPSA) is 62.5 Å². The number of carbonyl (C=O) groups is 1. The Kier molecular flexibility index (Phi) is 3.73. The first-order chi connectivity index (χ1) is 6.59. The largest absolute Gasteiger partial charge is 0.478 e. The fourth-order valence-electron chi connectivity index (χ4n) is 0.907. The molecule has 1 heterocycles. The van der Waals surface area contributed by atoms with Gasteiger partial charge in [0.2, 0.25) is 0 Å². The van der Waals surface area contributed by atoms with E-state index in [0.717, 1.165) is 0 Å². The van der Waals surface area contributed by atoms with Crippen LogP contribution in [0.2, 0.25) is 0 Å². The zero-order valence-corrected chi connectivity index (χ0v) is 8.17. The number of hydrogen-bond donors (Lipinski definition) is 2. The Bertz CT molecular complexity index is 346. The zero-order chi connectivity index (χ0) is 10.6. The van der Waals surface area contributed by atoms with E-state index in [9.17, 15) is 4.79 Å². The van der Waals surface area contributed by atoms with Crippen LogP contribution in [-0.2, 0) is 6.54 Å². The summed E-state index contributed by atoms with van der Waals surface area (Å²) in [5, 5.41) is 12.0. The molecule has 0 aliphatic carbocycles. The highest BCUT2D eigenvalue weighted by Gasteiger charge is 2.07. The Labute approximate surface area is 86.2 Å². The summed E-state index contributed by atoms with van der Waals surface area (Å²) in [5.74, 6) is -0.443. The van der Waals surface area contributed by atoms with Crippen molar-refractivity contribution in [2.24, 2.45) is 0 Å². The van der Waals surface area contributed by atoms with Crippen LogP contribution >= 0.6 is 11.6 Å². The van der Waals surface area contributed by atoms with Crippen LogP contribution in [0.25, 0.3) is 0 Å². The maximum Gasteiger partial charge on any atom is 0.338 e. The Morgan fingerprint density at radius 1 is 1.71 bits per heavy atom. The van der Waals surface area contributed by atoms with E-state index in [1.54, 1.807) is 0 Å². The minimum Gasteiger partial charge on any atom is -0.478 e. The number of hydrogen-bond acceptors (Lipinski definition) is 3. The molecule has 1 aromatic rings. The highest BCUT2D eigenvalue weighted by atomic mass is 35.5. The van der Waals surface area contributed by atoms with Gasteiger partial charge in [0.15, 0.2) is 0 Å². The lowest BCUT2D eigenvalue weighted by Gasteiger charge is -1.98. The molecule has 5 heteroatoms. The fraction of sp³-hybridized carbons (Fsp3) is 0.222. The lowest BCUT2D eigenvalue weighted by molar-refractivity contribution is 0.0696. The molecule has 76 valence electrons. The summed E-state index contributed by atoms with van der Waals surface area (Å²) in [6.45, 7) is 4.39. The van der Waals surface area contributed by atoms with Crippen LogP contribution in [0.15, 0.2) is 28.4 Å². The Hall–Kier alpha value is -1.26. The molecule has 0 fully saturated rings. The summed E-state index contributed by atoms with van der Waals surface area (Å²) in [5.41, 5.74) is 0.145. The molecular weight excluding hydrogens is 206 g/mol. The predicted octanol–water partition coefficient (Wildman–Crippen LogP) is 1.82. The van der Waals surface area contributed by atoms with Gasteiger partial charge in [-0.05, 0) is 6.07 Å². The number of aromatic carboxylic acids is 1.